The van der Waals surface area contributed by atoms with Gasteiger partial charge in [-0.1, -0.05) is 13.8 Å². The number of amides is 1. The maximum Gasteiger partial charge on any atom is 0.224 e. The minimum Gasteiger partial charge on any atom is -0.357 e. The Bertz CT molecular complexity index is 599. The second-order valence-corrected chi connectivity index (χ2v) is 7.44. The van der Waals surface area contributed by atoms with Gasteiger partial charge in [0.15, 0.2) is 0 Å². The summed E-state index contributed by atoms with van der Waals surface area (Å²) < 4.78 is 0. The summed E-state index contributed by atoms with van der Waals surface area (Å²) in [6.45, 7) is 8.91. The zero-order valence-corrected chi connectivity index (χ0v) is 15.2. The molecule has 1 unspecified atom stereocenters. The Morgan fingerprint density at radius 3 is 2.71 bits per heavy atom. The van der Waals surface area contributed by atoms with Crippen LogP contribution in [0.5, 0.6) is 0 Å². The summed E-state index contributed by atoms with van der Waals surface area (Å²) in [7, 11) is 1.83. The zero-order chi connectivity index (χ0) is 17.3. The zero-order valence-electron chi connectivity index (χ0n) is 15.2. The summed E-state index contributed by atoms with van der Waals surface area (Å²) >= 11 is 0. The second kappa shape index (κ2) is 6.95. The standard InChI is InChI=1S/C18H29N5O/c1-12(2)15-11-22(16-9-13(3)20-18(19-4)21-16)8-7-17(24)23(15)10-14-5-6-14/h9,12,14-15H,5-8,10-11H2,1-4H3,(H,19,20,21). The molecule has 24 heavy (non-hydrogen) atoms. The Kier molecular flexibility index (Phi) is 4.92. The topological polar surface area (TPSA) is 61.4 Å². The number of nitrogens with one attached hydrogen (secondary N) is 1. The summed E-state index contributed by atoms with van der Waals surface area (Å²) in [6.07, 6.45) is 3.11. The van der Waals surface area contributed by atoms with E-state index in [2.05, 4.69) is 38.9 Å². The van der Waals surface area contributed by atoms with Crippen LogP contribution in [0.15, 0.2) is 6.07 Å². The molecule has 3 rings (SSSR count). The number of carbonyl (C=O) groups excluding carboxylic acids is 1. The first-order valence-corrected chi connectivity index (χ1v) is 9.05. The fourth-order valence-electron chi connectivity index (χ4n) is 3.40. The van der Waals surface area contributed by atoms with Gasteiger partial charge < -0.3 is 15.1 Å². The molecule has 1 amide bonds. The molecule has 132 valence electrons. The number of aryl methyl sites for hydroxylation is 1. The smallest absolute Gasteiger partial charge is 0.224 e. The molecule has 0 radical (unpaired) electrons. The van der Waals surface area contributed by atoms with Gasteiger partial charge in [0.25, 0.3) is 0 Å². The van der Waals surface area contributed by atoms with Gasteiger partial charge in [-0.25, -0.2) is 4.98 Å². The van der Waals surface area contributed by atoms with Crippen molar-refractivity contribution in [2.45, 2.75) is 46.1 Å². The summed E-state index contributed by atoms with van der Waals surface area (Å²) in [5.74, 6) is 3.00. The molecule has 1 aliphatic carbocycles. The molecule has 1 aromatic rings. The summed E-state index contributed by atoms with van der Waals surface area (Å²) in [5, 5.41) is 3.02. The molecule has 2 fully saturated rings. The van der Waals surface area contributed by atoms with Crippen LogP contribution in [0.1, 0.15) is 38.8 Å². The molecule has 1 saturated heterocycles. The van der Waals surface area contributed by atoms with Crippen LogP contribution in [0.25, 0.3) is 0 Å². The van der Waals surface area contributed by atoms with Gasteiger partial charge in [0.05, 0.1) is 6.04 Å². The maximum atomic E-state index is 12.7. The van der Waals surface area contributed by atoms with Crippen LogP contribution >= 0.6 is 0 Å². The van der Waals surface area contributed by atoms with Gasteiger partial charge in [0, 0.05) is 44.9 Å². The highest BCUT2D eigenvalue weighted by atomic mass is 16.2. The largest absolute Gasteiger partial charge is 0.357 e. The fourth-order valence-corrected chi connectivity index (χ4v) is 3.40. The molecule has 2 aliphatic rings. The van der Waals surface area contributed by atoms with E-state index in [1.165, 1.54) is 12.8 Å². The number of rotatable bonds is 5. The number of anilines is 2. The van der Waals surface area contributed by atoms with E-state index in [1.54, 1.807) is 0 Å². The van der Waals surface area contributed by atoms with Crippen molar-refractivity contribution in [2.24, 2.45) is 11.8 Å². The molecule has 6 heteroatoms. The van der Waals surface area contributed by atoms with Gasteiger partial charge >= 0.3 is 0 Å². The van der Waals surface area contributed by atoms with E-state index < -0.39 is 0 Å². The van der Waals surface area contributed by atoms with Crippen molar-refractivity contribution in [1.29, 1.82) is 0 Å². The lowest BCUT2D eigenvalue weighted by Crippen LogP contribution is -2.47. The fraction of sp³-hybridized carbons (Fsp3) is 0.722. The minimum atomic E-state index is 0.244. The van der Waals surface area contributed by atoms with Gasteiger partial charge in [-0.15, -0.1) is 0 Å². The number of hydrogen-bond acceptors (Lipinski definition) is 5. The van der Waals surface area contributed by atoms with Crippen LogP contribution in [0.2, 0.25) is 0 Å². The van der Waals surface area contributed by atoms with Gasteiger partial charge in [-0.3, -0.25) is 4.79 Å². The molecular formula is C18H29N5O. The summed E-state index contributed by atoms with van der Waals surface area (Å²) in [6, 6.07) is 2.26. The normalized spacial score (nSPS) is 22.0. The van der Waals surface area contributed by atoms with Crippen molar-refractivity contribution >= 4 is 17.7 Å². The average molecular weight is 331 g/mol. The Balaban J connectivity index is 1.85. The highest BCUT2D eigenvalue weighted by Crippen LogP contribution is 2.32. The van der Waals surface area contributed by atoms with E-state index in [9.17, 15) is 4.79 Å². The number of carbonyl (C=O) groups is 1. The predicted octanol–water partition coefficient (Wildman–Crippen LogP) is 2.30. The lowest BCUT2D eigenvalue weighted by Gasteiger charge is -2.35. The van der Waals surface area contributed by atoms with Crippen molar-refractivity contribution in [2.75, 3.05) is 36.9 Å². The molecule has 2 heterocycles. The highest BCUT2D eigenvalue weighted by molar-refractivity contribution is 5.78. The summed E-state index contributed by atoms with van der Waals surface area (Å²) in [5.41, 5.74) is 0.941. The maximum absolute atomic E-state index is 12.7. The van der Waals surface area contributed by atoms with E-state index in [4.69, 9.17) is 0 Å². The number of hydrogen-bond donors (Lipinski definition) is 1. The van der Waals surface area contributed by atoms with Crippen LogP contribution < -0.4 is 10.2 Å². The van der Waals surface area contributed by atoms with E-state index in [1.807, 2.05) is 20.0 Å². The molecule has 1 aromatic heterocycles. The number of aromatic nitrogens is 2. The van der Waals surface area contributed by atoms with Gasteiger partial charge in [-0.2, -0.15) is 4.98 Å². The third-order valence-corrected chi connectivity index (χ3v) is 5.03. The van der Waals surface area contributed by atoms with Crippen LogP contribution in [0, 0.1) is 18.8 Å². The first-order chi connectivity index (χ1) is 11.5. The predicted molar refractivity (Wildman–Crippen MR) is 96.2 cm³/mol. The third-order valence-electron chi connectivity index (χ3n) is 5.03. The second-order valence-electron chi connectivity index (χ2n) is 7.44. The lowest BCUT2D eigenvalue weighted by atomic mass is 10.0. The van der Waals surface area contributed by atoms with Crippen LogP contribution in [0.3, 0.4) is 0 Å². The molecule has 1 aliphatic heterocycles. The monoisotopic (exact) mass is 331 g/mol. The van der Waals surface area contributed by atoms with Crippen LogP contribution in [-0.2, 0) is 4.79 Å². The van der Waals surface area contributed by atoms with Crippen molar-refractivity contribution in [3.05, 3.63) is 11.8 Å². The van der Waals surface area contributed by atoms with Crippen LogP contribution in [0.4, 0.5) is 11.8 Å². The van der Waals surface area contributed by atoms with Gasteiger partial charge in [0.2, 0.25) is 11.9 Å². The SMILES string of the molecule is CNc1nc(C)cc(N2CCC(=O)N(CC3CC3)C(C(C)C)C2)n1. The lowest BCUT2D eigenvalue weighted by molar-refractivity contribution is -0.133. The highest BCUT2D eigenvalue weighted by Gasteiger charge is 2.35. The Labute approximate surface area is 144 Å². The quantitative estimate of drug-likeness (QED) is 0.897. The van der Waals surface area contributed by atoms with E-state index in [0.29, 0.717) is 24.2 Å². The molecular weight excluding hydrogens is 302 g/mol. The van der Waals surface area contributed by atoms with Crippen molar-refractivity contribution in [1.82, 2.24) is 14.9 Å². The summed E-state index contributed by atoms with van der Waals surface area (Å²) in [4.78, 5) is 26.1. The Hall–Kier alpha value is -1.85. The average Bonchev–Trinajstić information content (AvgIpc) is 3.36. The molecule has 0 bridgehead atoms. The van der Waals surface area contributed by atoms with Gasteiger partial charge in [-0.05, 0) is 31.6 Å². The van der Waals surface area contributed by atoms with Crippen molar-refractivity contribution < 1.29 is 4.79 Å². The van der Waals surface area contributed by atoms with E-state index in [-0.39, 0.29) is 6.04 Å². The first-order valence-electron chi connectivity index (χ1n) is 9.05. The van der Waals surface area contributed by atoms with Crippen molar-refractivity contribution in [3.8, 4) is 0 Å². The molecule has 1 saturated carbocycles. The van der Waals surface area contributed by atoms with Crippen LogP contribution in [-0.4, -0.2) is 53.5 Å². The molecule has 1 N–H and O–H groups in total. The molecule has 1 atom stereocenters. The van der Waals surface area contributed by atoms with E-state index >= 15 is 0 Å². The molecule has 6 nitrogen and oxygen atoms in total. The molecule has 0 spiro atoms. The van der Waals surface area contributed by atoms with Crippen molar-refractivity contribution in [3.63, 3.8) is 0 Å². The Morgan fingerprint density at radius 2 is 2.08 bits per heavy atom. The first kappa shape index (κ1) is 17.0. The molecule has 0 aromatic carbocycles. The Morgan fingerprint density at radius 1 is 1.33 bits per heavy atom. The van der Waals surface area contributed by atoms with Gasteiger partial charge in [0.1, 0.15) is 5.82 Å². The minimum absolute atomic E-state index is 0.244. The number of nitrogens with zero attached hydrogens (tertiary/aromatic N) is 4. The van der Waals surface area contributed by atoms with E-state index in [0.717, 1.165) is 37.1 Å². The third kappa shape index (κ3) is 3.79.